The summed E-state index contributed by atoms with van der Waals surface area (Å²) in [5, 5.41) is 7.27. The normalized spacial score (nSPS) is 11.5. The maximum atomic E-state index is 12.9. The summed E-state index contributed by atoms with van der Waals surface area (Å²) >= 11 is 5.78. The van der Waals surface area contributed by atoms with Crippen LogP contribution in [-0.2, 0) is 19.8 Å². The minimum atomic E-state index is -4.50. The number of nitrogens with one attached hydrogen (secondary N) is 1. The fourth-order valence-electron chi connectivity index (χ4n) is 2.70. The number of alkyl halides is 3. The van der Waals surface area contributed by atoms with Crippen LogP contribution < -0.4 is 11.0 Å². The molecule has 1 heterocycles. The van der Waals surface area contributed by atoms with Crippen molar-refractivity contribution in [2.24, 2.45) is 7.05 Å². The maximum absolute atomic E-state index is 12.9. The highest BCUT2D eigenvalue weighted by Gasteiger charge is 2.30. The molecule has 0 bridgehead atoms. The van der Waals surface area contributed by atoms with Crippen molar-refractivity contribution in [2.75, 3.05) is 6.54 Å². The van der Waals surface area contributed by atoms with Crippen LogP contribution in [0.1, 0.15) is 15.9 Å². The van der Waals surface area contributed by atoms with E-state index in [4.69, 9.17) is 11.6 Å². The number of rotatable bonds is 5. The zero-order chi connectivity index (χ0) is 21.2. The number of carbonyl (C=O) groups is 1. The van der Waals surface area contributed by atoms with E-state index in [2.05, 4.69) is 10.4 Å². The molecule has 0 saturated heterocycles. The van der Waals surface area contributed by atoms with Crippen molar-refractivity contribution in [1.82, 2.24) is 19.7 Å². The number of hydrogen-bond donors (Lipinski definition) is 1. The molecule has 0 aliphatic rings. The molecule has 1 amide bonds. The lowest BCUT2D eigenvalue weighted by molar-refractivity contribution is -0.137. The molecule has 0 aliphatic carbocycles. The van der Waals surface area contributed by atoms with Crippen LogP contribution in [0.5, 0.6) is 0 Å². The van der Waals surface area contributed by atoms with Crippen molar-refractivity contribution in [3.63, 3.8) is 0 Å². The average Bonchev–Trinajstić information content (AvgIpc) is 2.96. The summed E-state index contributed by atoms with van der Waals surface area (Å²) in [7, 11) is 1.42. The van der Waals surface area contributed by atoms with Crippen molar-refractivity contribution < 1.29 is 18.0 Å². The van der Waals surface area contributed by atoms with Gasteiger partial charge in [-0.2, -0.15) is 13.2 Å². The van der Waals surface area contributed by atoms with Crippen LogP contribution in [0.25, 0.3) is 11.4 Å². The Morgan fingerprint density at radius 3 is 2.52 bits per heavy atom. The van der Waals surface area contributed by atoms with Gasteiger partial charge in [0, 0.05) is 29.7 Å². The molecule has 3 aromatic rings. The lowest BCUT2D eigenvalue weighted by atomic mass is 10.1. The quantitative estimate of drug-likeness (QED) is 0.683. The molecule has 0 fully saturated rings. The van der Waals surface area contributed by atoms with Crippen molar-refractivity contribution in [3.05, 3.63) is 75.2 Å². The molecule has 0 atom stereocenters. The van der Waals surface area contributed by atoms with Crippen molar-refractivity contribution in [3.8, 4) is 11.4 Å². The van der Waals surface area contributed by atoms with Crippen LogP contribution in [0, 0.1) is 0 Å². The van der Waals surface area contributed by atoms with Crippen LogP contribution in [0.2, 0.25) is 5.02 Å². The van der Waals surface area contributed by atoms with Gasteiger partial charge in [-0.1, -0.05) is 23.7 Å². The van der Waals surface area contributed by atoms with Gasteiger partial charge >= 0.3 is 11.9 Å². The second-order valence-corrected chi connectivity index (χ2v) is 6.67. The second kappa shape index (κ2) is 8.12. The van der Waals surface area contributed by atoms with Crippen molar-refractivity contribution in [1.29, 1.82) is 0 Å². The smallest absolute Gasteiger partial charge is 0.350 e. The monoisotopic (exact) mass is 424 g/mol. The number of halogens is 4. The summed E-state index contributed by atoms with van der Waals surface area (Å²) in [5.74, 6) is -0.242. The van der Waals surface area contributed by atoms with E-state index in [-0.39, 0.29) is 30.4 Å². The lowest BCUT2D eigenvalue weighted by Gasteiger charge is -2.08. The molecular weight excluding hydrogens is 409 g/mol. The van der Waals surface area contributed by atoms with E-state index >= 15 is 0 Å². The topological polar surface area (TPSA) is 68.9 Å². The van der Waals surface area contributed by atoms with E-state index in [1.165, 1.54) is 19.2 Å². The molecular formula is C19H16ClF3N4O2. The van der Waals surface area contributed by atoms with Gasteiger partial charge in [0.25, 0.3) is 5.91 Å². The summed E-state index contributed by atoms with van der Waals surface area (Å²) in [6.45, 7) is 0.172. The fourth-order valence-corrected chi connectivity index (χ4v) is 2.82. The molecule has 6 nitrogen and oxygen atoms in total. The number of amides is 1. The zero-order valence-electron chi connectivity index (χ0n) is 15.2. The Bertz CT molecular complexity index is 1090. The first-order valence-electron chi connectivity index (χ1n) is 8.52. The first kappa shape index (κ1) is 20.7. The van der Waals surface area contributed by atoms with Crippen molar-refractivity contribution >= 4 is 17.5 Å². The highest BCUT2D eigenvalue weighted by Crippen LogP contribution is 2.31. The molecule has 29 heavy (non-hydrogen) atoms. The van der Waals surface area contributed by atoms with Gasteiger partial charge < -0.3 is 5.32 Å². The number of aromatic nitrogens is 3. The predicted molar refractivity (Wildman–Crippen MR) is 102 cm³/mol. The van der Waals surface area contributed by atoms with Crippen LogP contribution in [0.4, 0.5) is 13.2 Å². The molecule has 2 aromatic carbocycles. The molecule has 1 aromatic heterocycles. The first-order chi connectivity index (χ1) is 13.7. The maximum Gasteiger partial charge on any atom is 0.416 e. The van der Waals surface area contributed by atoms with Gasteiger partial charge in [-0.15, -0.1) is 5.10 Å². The fraction of sp³-hybridized carbons (Fsp3) is 0.211. The molecule has 152 valence electrons. The number of carbonyl (C=O) groups excluding carboxylic acids is 1. The summed E-state index contributed by atoms with van der Waals surface area (Å²) in [5.41, 5.74) is -0.749. The Kier molecular flexibility index (Phi) is 5.78. The summed E-state index contributed by atoms with van der Waals surface area (Å²) in [4.78, 5) is 24.4. The number of nitrogens with zero attached hydrogens (tertiary/aromatic N) is 3. The molecule has 3 rings (SSSR count). The minimum Gasteiger partial charge on any atom is -0.350 e. The highest BCUT2D eigenvalue weighted by atomic mass is 35.5. The number of benzene rings is 2. The Hall–Kier alpha value is -3.07. The van der Waals surface area contributed by atoms with Gasteiger partial charge in [-0.05, 0) is 36.4 Å². The largest absolute Gasteiger partial charge is 0.416 e. The van der Waals surface area contributed by atoms with Gasteiger partial charge in [0.15, 0.2) is 5.82 Å². The molecule has 0 saturated carbocycles. The van der Waals surface area contributed by atoms with Gasteiger partial charge in [0.2, 0.25) is 0 Å². The second-order valence-electron chi connectivity index (χ2n) is 6.23. The third kappa shape index (κ3) is 4.68. The lowest BCUT2D eigenvalue weighted by Crippen LogP contribution is -2.31. The SMILES string of the molecule is Cn1c(-c2cccc(C(F)(F)F)c2)nn(CCNC(=O)c2ccc(Cl)cc2)c1=O. The minimum absolute atomic E-state index is 0.0605. The summed E-state index contributed by atoms with van der Waals surface area (Å²) < 4.78 is 41.1. The van der Waals surface area contributed by atoms with Gasteiger partial charge in [-0.25, -0.2) is 9.48 Å². The van der Waals surface area contributed by atoms with Crippen LogP contribution in [0.15, 0.2) is 53.3 Å². The predicted octanol–water partition coefficient (Wildman–Crippen LogP) is 3.35. The van der Waals surface area contributed by atoms with E-state index in [9.17, 15) is 22.8 Å². The Morgan fingerprint density at radius 1 is 1.17 bits per heavy atom. The van der Waals surface area contributed by atoms with Crippen molar-refractivity contribution in [2.45, 2.75) is 12.7 Å². The first-order valence-corrected chi connectivity index (χ1v) is 8.90. The van der Waals surface area contributed by atoms with Crippen LogP contribution in [0.3, 0.4) is 0 Å². The van der Waals surface area contributed by atoms with Gasteiger partial charge in [0.05, 0.1) is 12.1 Å². The molecule has 0 radical (unpaired) electrons. The van der Waals surface area contributed by atoms with E-state index in [1.807, 2.05) is 0 Å². The molecule has 0 unspecified atom stereocenters. The molecule has 10 heteroatoms. The standard InChI is InChI=1S/C19H16ClF3N4O2/c1-26-16(13-3-2-4-14(11-13)19(21,22)23)25-27(18(26)29)10-9-24-17(28)12-5-7-15(20)8-6-12/h2-8,11H,9-10H2,1H3,(H,24,28). The Balaban J connectivity index is 1.73. The third-order valence-corrected chi connectivity index (χ3v) is 4.46. The Labute approximate surface area is 168 Å². The van der Waals surface area contributed by atoms with E-state index in [0.29, 0.717) is 10.6 Å². The Morgan fingerprint density at radius 2 is 1.86 bits per heavy atom. The molecule has 1 N–H and O–H groups in total. The highest BCUT2D eigenvalue weighted by molar-refractivity contribution is 6.30. The zero-order valence-corrected chi connectivity index (χ0v) is 16.0. The van der Waals surface area contributed by atoms with E-state index in [0.717, 1.165) is 21.4 Å². The summed E-state index contributed by atoms with van der Waals surface area (Å²) in [6, 6.07) is 10.9. The van der Waals surface area contributed by atoms with Crippen LogP contribution in [-0.4, -0.2) is 26.8 Å². The number of hydrogen-bond acceptors (Lipinski definition) is 3. The summed E-state index contributed by atoms with van der Waals surface area (Å²) in [6.07, 6.45) is -4.50. The molecule has 0 aliphatic heterocycles. The van der Waals surface area contributed by atoms with Gasteiger partial charge in [0.1, 0.15) is 0 Å². The average molecular weight is 425 g/mol. The van der Waals surface area contributed by atoms with Crippen LogP contribution >= 0.6 is 11.6 Å². The van der Waals surface area contributed by atoms with E-state index < -0.39 is 17.4 Å². The molecule has 0 spiro atoms. The third-order valence-electron chi connectivity index (χ3n) is 4.20. The van der Waals surface area contributed by atoms with Gasteiger partial charge in [-0.3, -0.25) is 9.36 Å². The van der Waals surface area contributed by atoms with E-state index in [1.54, 1.807) is 24.3 Å².